The zero-order valence-electron chi connectivity index (χ0n) is 20.4. The molecular formula is C21H21ClN8O4. The van der Waals surface area contributed by atoms with Crippen LogP contribution >= 0.6 is 11.6 Å². The highest BCUT2D eigenvalue weighted by molar-refractivity contribution is 6.30. The van der Waals surface area contributed by atoms with Gasteiger partial charge in [-0.3, -0.25) is 14.3 Å². The van der Waals surface area contributed by atoms with Crippen molar-refractivity contribution in [3.8, 4) is 11.4 Å². The molecule has 1 aliphatic rings. The number of carbonyl (C=O) groups is 1. The number of aromatic amines is 1. The van der Waals surface area contributed by atoms with Crippen molar-refractivity contribution >= 4 is 34.6 Å². The first-order valence-corrected chi connectivity index (χ1v) is 10.5. The minimum Gasteiger partial charge on any atom is -0.388 e. The largest absolute Gasteiger partial charge is 0.388 e. The zero-order chi connectivity index (χ0) is 26.4. The second kappa shape index (κ2) is 8.65. The number of ether oxygens (including phenoxy) is 1. The maximum atomic E-state index is 13.4. The summed E-state index contributed by atoms with van der Waals surface area (Å²) in [6.45, 7) is -3.16. The second-order valence-corrected chi connectivity index (χ2v) is 8.02. The Bertz CT molecular complexity index is 1450. The maximum Gasteiger partial charge on any atom is 0.276 e. The average Bonchev–Trinajstić information content (AvgIpc) is 3.55. The number of aromatic nitrogens is 6. The third kappa shape index (κ3) is 3.56. The summed E-state index contributed by atoms with van der Waals surface area (Å²) in [5, 5.41) is 26.7. The summed E-state index contributed by atoms with van der Waals surface area (Å²) in [6.07, 6.45) is 2.66. The lowest BCUT2D eigenvalue weighted by molar-refractivity contribution is -0.167. The molecule has 13 heteroatoms. The number of anilines is 1. The fourth-order valence-electron chi connectivity index (χ4n) is 3.87. The molecule has 4 aromatic rings. The van der Waals surface area contributed by atoms with E-state index < -0.39 is 37.4 Å². The molecule has 0 spiro atoms. The number of aliphatic hydroxyl groups excluding tert-OH is 2. The lowest BCUT2D eigenvalue weighted by Crippen LogP contribution is -2.56. The molecule has 0 saturated carbocycles. The van der Waals surface area contributed by atoms with Gasteiger partial charge in [-0.25, -0.2) is 15.0 Å². The van der Waals surface area contributed by atoms with Gasteiger partial charge in [0.25, 0.3) is 11.6 Å². The first-order valence-electron chi connectivity index (χ1n) is 11.6. The van der Waals surface area contributed by atoms with E-state index >= 15 is 0 Å². The molecule has 0 aliphatic carbocycles. The summed E-state index contributed by atoms with van der Waals surface area (Å²) in [4.78, 5) is 33.8. The van der Waals surface area contributed by atoms with E-state index in [1.165, 1.54) is 18.6 Å². The average molecular weight is 488 g/mol. The van der Waals surface area contributed by atoms with Gasteiger partial charge in [-0.2, -0.15) is 0 Å². The standard InChI is InChI=1S/C21H21ClN8O4/c1-23-19(33)21(16(32)15(31)10-34-21)30-18-14(28-20(30)27-8-13-3-2-4-25-13)9-26-17(29-18)11-5-12(22)7-24-6-11/h2-7,9,15-16,25,31-32H,8,10H2,1H3,(H,23,33)(H,27,28)/i1D3. The molecule has 12 nitrogen and oxygen atoms in total. The molecule has 4 aromatic heterocycles. The van der Waals surface area contributed by atoms with Crippen LogP contribution in [0.2, 0.25) is 5.02 Å². The van der Waals surface area contributed by atoms with Crippen molar-refractivity contribution in [2.24, 2.45) is 0 Å². The van der Waals surface area contributed by atoms with Crippen LogP contribution in [0.1, 0.15) is 9.81 Å². The van der Waals surface area contributed by atoms with E-state index in [-0.39, 0.29) is 29.5 Å². The molecule has 5 N–H and O–H groups in total. The number of hydrogen-bond donors (Lipinski definition) is 5. The highest BCUT2D eigenvalue weighted by atomic mass is 35.5. The van der Waals surface area contributed by atoms with E-state index in [1.54, 1.807) is 18.3 Å². The van der Waals surface area contributed by atoms with Crippen molar-refractivity contribution in [3.63, 3.8) is 0 Å². The third-order valence-electron chi connectivity index (χ3n) is 5.47. The number of aliphatic hydroxyl groups is 2. The molecule has 5 heterocycles. The van der Waals surface area contributed by atoms with Gasteiger partial charge in [0.05, 0.1) is 24.4 Å². The third-order valence-corrected chi connectivity index (χ3v) is 5.68. The van der Waals surface area contributed by atoms with Gasteiger partial charge < -0.3 is 30.6 Å². The van der Waals surface area contributed by atoms with Gasteiger partial charge in [0.15, 0.2) is 11.5 Å². The normalized spacial score (nSPS) is 23.9. The summed E-state index contributed by atoms with van der Waals surface area (Å²) in [5.74, 6) is -1.04. The minimum absolute atomic E-state index is 0.00844. The molecule has 0 bridgehead atoms. The molecule has 1 aliphatic heterocycles. The Labute approximate surface area is 202 Å². The van der Waals surface area contributed by atoms with Crippen LogP contribution in [-0.4, -0.2) is 71.4 Å². The van der Waals surface area contributed by atoms with Gasteiger partial charge in [0.1, 0.15) is 17.7 Å². The first-order chi connectivity index (χ1) is 17.6. The smallest absolute Gasteiger partial charge is 0.276 e. The number of rotatable bonds is 6. The molecule has 1 fully saturated rings. The predicted molar refractivity (Wildman–Crippen MR) is 122 cm³/mol. The topological polar surface area (TPSA) is 163 Å². The number of carbonyl (C=O) groups excluding carboxylic acids is 1. The van der Waals surface area contributed by atoms with Crippen LogP contribution in [0, 0.1) is 0 Å². The number of halogens is 1. The second-order valence-electron chi connectivity index (χ2n) is 7.59. The molecule has 3 atom stereocenters. The number of H-pyrrole nitrogens is 1. The lowest BCUT2D eigenvalue weighted by atomic mass is 10.0. The Kier molecular flexibility index (Phi) is 4.78. The number of fused-ring (bicyclic) bond motifs is 1. The van der Waals surface area contributed by atoms with Crippen molar-refractivity contribution in [2.75, 3.05) is 18.9 Å². The highest BCUT2D eigenvalue weighted by Gasteiger charge is 2.58. The molecule has 3 unspecified atom stereocenters. The van der Waals surface area contributed by atoms with Gasteiger partial charge in [-0.1, -0.05) is 11.6 Å². The molecule has 176 valence electrons. The number of imidazole rings is 1. The number of amides is 1. The van der Waals surface area contributed by atoms with Crippen molar-refractivity contribution in [3.05, 3.63) is 53.7 Å². The number of nitrogens with zero attached hydrogens (tertiary/aromatic N) is 5. The summed E-state index contributed by atoms with van der Waals surface area (Å²) in [6, 6.07) is 5.19. The van der Waals surface area contributed by atoms with Gasteiger partial charge in [-0.05, 0) is 18.2 Å². The van der Waals surface area contributed by atoms with Gasteiger partial charge >= 0.3 is 0 Å². The van der Waals surface area contributed by atoms with Gasteiger partial charge in [-0.15, -0.1) is 0 Å². The van der Waals surface area contributed by atoms with Crippen LogP contribution in [0.25, 0.3) is 22.6 Å². The fourth-order valence-corrected chi connectivity index (χ4v) is 4.04. The Morgan fingerprint density at radius 2 is 2.29 bits per heavy atom. The van der Waals surface area contributed by atoms with Crippen molar-refractivity contribution in [1.29, 1.82) is 0 Å². The lowest BCUT2D eigenvalue weighted by Gasteiger charge is -2.32. The Morgan fingerprint density at radius 3 is 3.00 bits per heavy atom. The zero-order valence-corrected chi connectivity index (χ0v) is 18.2. The van der Waals surface area contributed by atoms with Crippen LogP contribution in [0.3, 0.4) is 0 Å². The first kappa shape index (κ1) is 18.8. The maximum absolute atomic E-state index is 13.4. The van der Waals surface area contributed by atoms with E-state index in [2.05, 4.69) is 30.2 Å². The number of pyridine rings is 1. The molecular weight excluding hydrogens is 464 g/mol. The summed E-state index contributed by atoms with van der Waals surface area (Å²) in [7, 11) is 0. The molecule has 0 radical (unpaired) electrons. The molecule has 34 heavy (non-hydrogen) atoms. The number of likely N-dealkylation sites (N-methyl/N-ethyl adjacent to an activating group) is 1. The van der Waals surface area contributed by atoms with Crippen molar-refractivity contribution in [1.82, 2.24) is 34.8 Å². The highest BCUT2D eigenvalue weighted by Crippen LogP contribution is 2.38. The summed E-state index contributed by atoms with van der Waals surface area (Å²) >= 11 is 6.07. The SMILES string of the molecule is [2H]C([2H])([2H])NC(=O)C1(n2c(NCc3ccc[nH]3)nc3cnc(-c4cncc(Cl)c4)nc32)OCC(O)C1O. The number of hydrogen-bond acceptors (Lipinski definition) is 9. The van der Waals surface area contributed by atoms with Crippen LogP contribution in [0.5, 0.6) is 0 Å². The fraction of sp³-hybridized carbons (Fsp3) is 0.286. The Morgan fingerprint density at radius 1 is 1.41 bits per heavy atom. The quantitative estimate of drug-likeness (QED) is 0.262. The van der Waals surface area contributed by atoms with E-state index in [4.69, 9.17) is 20.5 Å². The molecule has 0 aromatic carbocycles. The van der Waals surface area contributed by atoms with E-state index in [0.29, 0.717) is 10.6 Å². The summed E-state index contributed by atoms with van der Waals surface area (Å²) < 4.78 is 29.4. The van der Waals surface area contributed by atoms with E-state index in [9.17, 15) is 15.0 Å². The Hall–Kier alpha value is -3.58. The number of nitrogens with one attached hydrogen (secondary N) is 3. The van der Waals surface area contributed by atoms with Crippen LogP contribution in [-0.2, 0) is 21.8 Å². The minimum atomic E-state index is -2.92. The molecule has 1 saturated heterocycles. The van der Waals surface area contributed by atoms with Gasteiger partial charge in [0, 0.05) is 40.9 Å². The van der Waals surface area contributed by atoms with Crippen LogP contribution in [0.4, 0.5) is 5.95 Å². The van der Waals surface area contributed by atoms with E-state index in [1.807, 2.05) is 11.4 Å². The summed E-state index contributed by atoms with van der Waals surface area (Å²) in [5.41, 5.74) is -0.987. The van der Waals surface area contributed by atoms with E-state index in [0.717, 1.165) is 10.3 Å². The monoisotopic (exact) mass is 487 g/mol. The van der Waals surface area contributed by atoms with Crippen molar-refractivity contribution in [2.45, 2.75) is 24.5 Å². The van der Waals surface area contributed by atoms with Crippen molar-refractivity contribution < 1.29 is 23.9 Å². The molecule has 5 rings (SSSR count). The van der Waals surface area contributed by atoms with Crippen LogP contribution < -0.4 is 10.6 Å². The predicted octanol–water partition coefficient (Wildman–Crippen LogP) is 0.633. The van der Waals surface area contributed by atoms with Crippen LogP contribution in [0.15, 0.2) is 43.0 Å². The Balaban J connectivity index is 1.72. The molecule has 1 amide bonds. The van der Waals surface area contributed by atoms with Gasteiger partial charge in [0.2, 0.25) is 5.95 Å².